The molecule has 0 aliphatic carbocycles. The van der Waals surface area contributed by atoms with Gasteiger partial charge in [-0.3, -0.25) is 14.6 Å². The Balaban J connectivity index is 0.00000200. The lowest BCUT2D eigenvalue weighted by atomic mass is 10.2. The van der Waals surface area contributed by atoms with Gasteiger partial charge in [-0.1, -0.05) is 0 Å². The first-order valence-electron chi connectivity index (χ1n) is 6.46. The average Bonchev–Trinajstić information content (AvgIpc) is 2.93. The SMILES string of the molecule is Cl.Cl.O=C(CCNC(=O)[C@@H]1CCCN1)Nc1ccncc1. The van der Waals surface area contributed by atoms with Crippen molar-refractivity contribution in [3.63, 3.8) is 0 Å². The van der Waals surface area contributed by atoms with Crippen LogP contribution in [0.4, 0.5) is 5.69 Å². The van der Waals surface area contributed by atoms with Crippen molar-refractivity contribution in [1.29, 1.82) is 0 Å². The molecule has 1 aromatic heterocycles. The van der Waals surface area contributed by atoms with Gasteiger partial charge in [0.05, 0.1) is 6.04 Å². The maximum Gasteiger partial charge on any atom is 0.237 e. The molecule has 0 unspecified atom stereocenters. The largest absolute Gasteiger partial charge is 0.354 e. The number of aromatic nitrogens is 1. The number of carbonyl (C=O) groups excluding carboxylic acids is 2. The number of pyridine rings is 1. The predicted molar refractivity (Wildman–Crippen MR) is 86.0 cm³/mol. The molecule has 2 rings (SSSR count). The van der Waals surface area contributed by atoms with Crippen LogP contribution in [0.25, 0.3) is 0 Å². The summed E-state index contributed by atoms with van der Waals surface area (Å²) < 4.78 is 0. The number of carbonyl (C=O) groups is 2. The first-order chi connectivity index (χ1) is 9.25. The third-order valence-electron chi connectivity index (χ3n) is 2.99. The van der Waals surface area contributed by atoms with Crippen molar-refractivity contribution in [1.82, 2.24) is 15.6 Å². The molecule has 0 radical (unpaired) electrons. The maximum atomic E-state index is 11.7. The van der Waals surface area contributed by atoms with E-state index >= 15 is 0 Å². The minimum atomic E-state index is -0.120. The minimum absolute atomic E-state index is 0. The van der Waals surface area contributed by atoms with Gasteiger partial charge in [0.25, 0.3) is 0 Å². The van der Waals surface area contributed by atoms with Crippen molar-refractivity contribution < 1.29 is 9.59 Å². The number of hydrogen-bond donors (Lipinski definition) is 3. The minimum Gasteiger partial charge on any atom is -0.354 e. The van der Waals surface area contributed by atoms with E-state index in [0.29, 0.717) is 12.2 Å². The summed E-state index contributed by atoms with van der Waals surface area (Å²) >= 11 is 0. The van der Waals surface area contributed by atoms with Gasteiger partial charge in [0.1, 0.15) is 0 Å². The summed E-state index contributed by atoms with van der Waals surface area (Å²) in [6.45, 7) is 1.24. The smallest absolute Gasteiger partial charge is 0.237 e. The molecule has 8 heteroatoms. The number of nitrogens with one attached hydrogen (secondary N) is 3. The lowest BCUT2D eigenvalue weighted by Crippen LogP contribution is -2.41. The van der Waals surface area contributed by atoms with Crippen LogP contribution in [0.15, 0.2) is 24.5 Å². The second-order valence-electron chi connectivity index (χ2n) is 4.47. The summed E-state index contributed by atoms with van der Waals surface area (Å²) in [5, 5.41) is 8.62. The van der Waals surface area contributed by atoms with Crippen molar-refractivity contribution >= 4 is 42.3 Å². The normalized spacial score (nSPS) is 16.3. The van der Waals surface area contributed by atoms with E-state index in [2.05, 4.69) is 20.9 Å². The molecule has 3 N–H and O–H groups in total. The summed E-state index contributed by atoms with van der Waals surface area (Å²) in [5.41, 5.74) is 0.712. The third kappa shape index (κ3) is 6.75. The number of halogens is 2. The van der Waals surface area contributed by atoms with Crippen LogP contribution < -0.4 is 16.0 Å². The molecule has 6 nitrogen and oxygen atoms in total. The molecule has 118 valence electrons. The molecule has 0 spiro atoms. The Morgan fingerprint density at radius 2 is 2.00 bits per heavy atom. The van der Waals surface area contributed by atoms with Gasteiger partial charge in [-0.25, -0.2) is 0 Å². The predicted octanol–water partition coefficient (Wildman–Crippen LogP) is 1.12. The van der Waals surface area contributed by atoms with E-state index in [1.807, 2.05) is 0 Å². The second-order valence-corrected chi connectivity index (χ2v) is 4.47. The summed E-state index contributed by atoms with van der Waals surface area (Å²) in [6, 6.07) is 3.35. The van der Waals surface area contributed by atoms with Gasteiger partial charge in [0.15, 0.2) is 0 Å². The van der Waals surface area contributed by atoms with Crippen LogP contribution in [-0.4, -0.2) is 35.9 Å². The molecule has 0 aromatic carbocycles. The van der Waals surface area contributed by atoms with E-state index in [1.54, 1.807) is 24.5 Å². The fourth-order valence-corrected chi connectivity index (χ4v) is 1.99. The van der Waals surface area contributed by atoms with Gasteiger partial charge < -0.3 is 16.0 Å². The highest BCUT2D eigenvalue weighted by Gasteiger charge is 2.21. The van der Waals surface area contributed by atoms with Gasteiger partial charge in [-0.05, 0) is 31.5 Å². The Kier molecular flexibility index (Phi) is 9.69. The first kappa shape index (κ1) is 19.6. The van der Waals surface area contributed by atoms with Crippen molar-refractivity contribution in [3.8, 4) is 0 Å². The molecule has 1 saturated heterocycles. The van der Waals surface area contributed by atoms with Gasteiger partial charge in [0.2, 0.25) is 11.8 Å². The Bertz CT molecular complexity index is 439. The molecule has 2 heterocycles. The second kappa shape index (κ2) is 10.4. The van der Waals surface area contributed by atoms with E-state index in [-0.39, 0.29) is 49.1 Å². The molecule has 21 heavy (non-hydrogen) atoms. The van der Waals surface area contributed by atoms with Gasteiger partial charge >= 0.3 is 0 Å². The summed E-state index contributed by atoms with van der Waals surface area (Å²) in [5.74, 6) is -0.139. The first-order valence-corrected chi connectivity index (χ1v) is 6.46. The molecule has 1 atom stereocenters. The fraction of sp³-hybridized carbons (Fsp3) is 0.462. The molecule has 1 aliphatic rings. The van der Waals surface area contributed by atoms with Crippen LogP contribution in [0.3, 0.4) is 0 Å². The zero-order chi connectivity index (χ0) is 13.5. The maximum absolute atomic E-state index is 11.7. The van der Waals surface area contributed by atoms with Gasteiger partial charge in [-0.2, -0.15) is 0 Å². The topological polar surface area (TPSA) is 83.1 Å². The Hall–Kier alpha value is -1.37. The summed E-state index contributed by atoms with van der Waals surface area (Å²) in [6.07, 6.45) is 5.39. The number of nitrogens with zero attached hydrogens (tertiary/aromatic N) is 1. The van der Waals surface area contributed by atoms with E-state index in [9.17, 15) is 9.59 Å². The van der Waals surface area contributed by atoms with E-state index < -0.39 is 0 Å². The van der Waals surface area contributed by atoms with Gasteiger partial charge in [-0.15, -0.1) is 24.8 Å². The fourth-order valence-electron chi connectivity index (χ4n) is 1.99. The molecule has 0 saturated carbocycles. The van der Waals surface area contributed by atoms with Crippen LogP contribution in [0.5, 0.6) is 0 Å². The van der Waals surface area contributed by atoms with Crippen LogP contribution in [-0.2, 0) is 9.59 Å². The molecule has 2 amide bonds. The van der Waals surface area contributed by atoms with Gasteiger partial charge in [0, 0.05) is 31.0 Å². The molecular formula is C13H20Cl2N4O2. The zero-order valence-corrected chi connectivity index (χ0v) is 13.1. The van der Waals surface area contributed by atoms with Crippen molar-refractivity contribution in [2.75, 3.05) is 18.4 Å². The Labute approximate surface area is 136 Å². The van der Waals surface area contributed by atoms with Crippen LogP contribution in [0, 0.1) is 0 Å². The van der Waals surface area contributed by atoms with E-state index in [4.69, 9.17) is 0 Å². The highest BCUT2D eigenvalue weighted by Crippen LogP contribution is 2.05. The molecule has 0 bridgehead atoms. The number of rotatable bonds is 5. The Morgan fingerprint density at radius 1 is 1.29 bits per heavy atom. The standard InChI is InChI=1S/C13H18N4O2.2ClH/c18-12(17-10-3-7-14-8-4-10)5-9-16-13(19)11-2-1-6-15-11;;/h3-4,7-8,11,15H,1-2,5-6,9H2,(H,16,19)(H,14,17,18);2*1H/t11-;;/m0../s1. The summed E-state index contributed by atoms with van der Waals surface area (Å²) in [4.78, 5) is 27.2. The molecule has 1 fully saturated rings. The molecular weight excluding hydrogens is 315 g/mol. The number of anilines is 1. The van der Waals surface area contributed by atoms with E-state index in [1.165, 1.54) is 0 Å². The highest BCUT2D eigenvalue weighted by molar-refractivity contribution is 5.91. The Morgan fingerprint density at radius 3 is 2.62 bits per heavy atom. The summed E-state index contributed by atoms with van der Waals surface area (Å²) in [7, 11) is 0. The lowest BCUT2D eigenvalue weighted by molar-refractivity contribution is -0.122. The zero-order valence-electron chi connectivity index (χ0n) is 11.5. The van der Waals surface area contributed by atoms with Crippen molar-refractivity contribution in [3.05, 3.63) is 24.5 Å². The van der Waals surface area contributed by atoms with E-state index in [0.717, 1.165) is 19.4 Å². The quantitative estimate of drug-likeness (QED) is 0.753. The monoisotopic (exact) mass is 334 g/mol. The number of amides is 2. The van der Waals surface area contributed by atoms with Crippen LogP contribution >= 0.6 is 24.8 Å². The lowest BCUT2D eigenvalue weighted by Gasteiger charge is -2.10. The average molecular weight is 335 g/mol. The molecule has 1 aromatic rings. The van der Waals surface area contributed by atoms with Crippen molar-refractivity contribution in [2.24, 2.45) is 0 Å². The third-order valence-corrected chi connectivity index (χ3v) is 2.99. The van der Waals surface area contributed by atoms with Crippen LogP contribution in [0.2, 0.25) is 0 Å². The van der Waals surface area contributed by atoms with Crippen LogP contribution in [0.1, 0.15) is 19.3 Å². The van der Waals surface area contributed by atoms with Crippen molar-refractivity contribution in [2.45, 2.75) is 25.3 Å². The number of hydrogen-bond acceptors (Lipinski definition) is 4. The molecule has 1 aliphatic heterocycles. The highest BCUT2D eigenvalue weighted by atomic mass is 35.5.